The molecule has 5 heterocycles. The van der Waals surface area contributed by atoms with Crippen molar-refractivity contribution in [2.45, 2.75) is 31.5 Å². The van der Waals surface area contributed by atoms with Gasteiger partial charge in [-0.1, -0.05) is 11.6 Å². The van der Waals surface area contributed by atoms with Crippen LogP contribution in [-0.4, -0.2) is 46.1 Å². The number of nitrogens with zero attached hydrogens (tertiary/aromatic N) is 8. The summed E-state index contributed by atoms with van der Waals surface area (Å²) in [7, 11) is 2.67. The summed E-state index contributed by atoms with van der Waals surface area (Å²) < 4.78 is 62.9. The summed E-state index contributed by atoms with van der Waals surface area (Å²) in [6, 6.07) is 4.24. The zero-order valence-electron chi connectivity index (χ0n) is 21.4. The lowest BCUT2D eigenvalue weighted by molar-refractivity contribution is -0.140. The summed E-state index contributed by atoms with van der Waals surface area (Å²) in [5.74, 6) is -0.829. The van der Waals surface area contributed by atoms with Crippen molar-refractivity contribution in [2.24, 2.45) is 7.05 Å². The molecule has 0 atom stereocenters. The van der Waals surface area contributed by atoms with Crippen LogP contribution in [0.25, 0.3) is 33.9 Å². The molecule has 10 nitrogen and oxygen atoms in total. The standard InChI is InChI=1S/C26H19ClF4N8O2/c1-38-20(27)19(26(29,30)31)36-23(38)18-15(28)8-12(9-33-18)10-39-22(37-21-14(25(39)40)4-3-7-32-21)16-17(13-5-6-13)34-11-35-24(16)41-2/h3-4,7-9,11,13H,5-6,10H2,1-2H3. The number of imidazole rings is 1. The highest BCUT2D eigenvalue weighted by atomic mass is 35.5. The lowest BCUT2D eigenvalue weighted by Crippen LogP contribution is -2.25. The van der Waals surface area contributed by atoms with Gasteiger partial charge in [0.15, 0.2) is 28.8 Å². The summed E-state index contributed by atoms with van der Waals surface area (Å²) in [5, 5.41) is -0.470. The van der Waals surface area contributed by atoms with Crippen LogP contribution in [0.15, 0.2) is 41.7 Å². The number of ether oxygens (including phenoxy) is 1. The zero-order valence-corrected chi connectivity index (χ0v) is 22.2. The normalized spacial score (nSPS) is 13.6. The molecule has 0 amide bonds. The number of halogens is 5. The number of fused-ring (bicyclic) bond motifs is 1. The first-order valence-corrected chi connectivity index (χ1v) is 12.6. The van der Waals surface area contributed by atoms with E-state index in [1.807, 2.05) is 0 Å². The van der Waals surface area contributed by atoms with Crippen LogP contribution < -0.4 is 10.3 Å². The second-order valence-corrected chi connectivity index (χ2v) is 9.78. The molecule has 210 valence electrons. The van der Waals surface area contributed by atoms with E-state index in [9.17, 15) is 18.0 Å². The van der Waals surface area contributed by atoms with Gasteiger partial charge in [0.1, 0.15) is 22.7 Å². The Bertz CT molecular complexity index is 1880. The second kappa shape index (κ2) is 9.87. The van der Waals surface area contributed by atoms with Crippen LogP contribution in [0.2, 0.25) is 5.15 Å². The molecule has 0 N–H and O–H groups in total. The lowest BCUT2D eigenvalue weighted by Gasteiger charge is -2.17. The highest BCUT2D eigenvalue weighted by molar-refractivity contribution is 6.30. The minimum atomic E-state index is -4.83. The first kappa shape index (κ1) is 26.7. The minimum absolute atomic E-state index is 0.135. The van der Waals surface area contributed by atoms with Gasteiger partial charge in [0, 0.05) is 25.4 Å². The average molecular weight is 587 g/mol. The molecule has 1 aliphatic carbocycles. The molecule has 1 saturated carbocycles. The molecule has 6 rings (SSSR count). The Balaban J connectivity index is 1.49. The Morgan fingerprint density at radius 1 is 1.12 bits per heavy atom. The van der Waals surface area contributed by atoms with Gasteiger partial charge < -0.3 is 9.30 Å². The Morgan fingerprint density at radius 2 is 1.90 bits per heavy atom. The van der Waals surface area contributed by atoms with Crippen LogP contribution in [0.1, 0.15) is 35.7 Å². The molecule has 0 saturated heterocycles. The Labute approximate surface area is 233 Å². The number of rotatable bonds is 6. The van der Waals surface area contributed by atoms with Crippen molar-refractivity contribution >= 4 is 22.6 Å². The van der Waals surface area contributed by atoms with Crippen molar-refractivity contribution in [2.75, 3.05) is 7.11 Å². The van der Waals surface area contributed by atoms with Crippen molar-refractivity contribution in [1.82, 2.24) is 39.0 Å². The minimum Gasteiger partial charge on any atom is -0.480 e. The van der Waals surface area contributed by atoms with E-state index in [1.165, 1.54) is 37.4 Å². The maximum Gasteiger partial charge on any atom is 0.436 e. The van der Waals surface area contributed by atoms with E-state index < -0.39 is 39.9 Å². The molecule has 1 aliphatic rings. The van der Waals surface area contributed by atoms with Gasteiger partial charge in [-0.15, -0.1) is 0 Å². The van der Waals surface area contributed by atoms with Crippen LogP contribution in [0.4, 0.5) is 17.6 Å². The van der Waals surface area contributed by atoms with Gasteiger partial charge in [0.05, 0.1) is 24.7 Å². The first-order chi connectivity index (χ1) is 19.6. The van der Waals surface area contributed by atoms with Gasteiger partial charge in [0.25, 0.3) is 5.56 Å². The Kier molecular flexibility index (Phi) is 6.44. The molecule has 5 aromatic rings. The van der Waals surface area contributed by atoms with E-state index >= 15 is 4.39 Å². The largest absolute Gasteiger partial charge is 0.480 e. The van der Waals surface area contributed by atoms with Crippen LogP contribution in [0.3, 0.4) is 0 Å². The van der Waals surface area contributed by atoms with Crippen LogP contribution >= 0.6 is 11.6 Å². The molecule has 15 heteroatoms. The zero-order chi connectivity index (χ0) is 29.1. The summed E-state index contributed by atoms with van der Waals surface area (Å²) in [6.07, 6.45) is 1.10. The Morgan fingerprint density at radius 3 is 2.56 bits per heavy atom. The number of hydrogen-bond donors (Lipinski definition) is 0. The van der Waals surface area contributed by atoms with Gasteiger partial charge in [-0.3, -0.25) is 9.36 Å². The van der Waals surface area contributed by atoms with Gasteiger partial charge in [-0.25, -0.2) is 34.3 Å². The van der Waals surface area contributed by atoms with Crippen LogP contribution in [0.5, 0.6) is 5.88 Å². The summed E-state index contributed by atoms with van der Waals surface area (Å²) >= 11 is 5.80. The fourth-order valence-electron chi connectivity index (χ4n) is 4.59. The predicted molar refractivity (Wildman–Crippen MR) is 139 cm³/mol. The molecule has 0 aliphatic heterocycles. The fraction of sp³-hybridized carbons (Fsp3) is 0.269. The van der Waals surface area contributed by atoms with E-state index in [1.54, 1.807) is 12.1 Å². The van der Waals surface area contributed by atoms with E-state index in [-0.39, 0.29) is 40.8 Å². The third-order valence-corrected chi connectivity index (χ3v) is 7.13. The van der Waals surface area contributed by atoms with Gasteiger partial charge in [-0.2, -0.15) is 13.2 Å². The van der Waals surface area contributed by atoms with Crippen molar-refractivity contribution in [3.8, 4) is 28.8 Å². The van der Waals surface area contributed by atoms with E-state index in [2.05, 4.69) is 29.9 Å². The molecular formula is C26H19ClF4N8O2. The highest BCUT2D eigenvalue weighted by Gasteiger charge is 2.39. The molecule has 5 aromatic heterocycles. The van der Waals surface area contributed by atoms with Gasteiger partial charge >= 0.3 is 6.18 Å². The number of aromatic nitrogens is 8. The molecule has 1 fully saturated rings. The maximum absolute atomic E-state index is 15.3. The number of pyridine rings is 2. The summed E-state index contributed by atoms with van der Waals surface area (Å²) in [5.41, 5.74) is -0.714. The quantitative estimate of drug-likeness (QED) is 0.261. The van der Waals surface area contributed by atoms with Gasteiger partial charge in [0.2, 0.25) is 5.88 Å². The lowest BCUT2D eigenvalue weighted by atomic mass is 10.1. The van der Waals surface area contributed by atoms with E-state index in [4.69, 9.17) is 16.3 Å². The monoisotopic (exact) mass is 586 g/mol. The summed E-state index contributed by atoms with van der Waals surface area (Å²) in [6.45, 7) is -0.187. The van der Waals surface area contributed by atoms with Crippen LogP contribution in [0, 0.1) is 5.82 Å². The number of hydrogen-bond acceptors (Lipinski definition) is 8. The average Bonchev–Trinajstić information content (AvgIpc) is 3.75. The molecule has 0 spiro atoms. The topological polar surface area (TPSA) is 114 Å². The predicted octanol–water partition coefficient (Wildman–Crippen LogP) is 4.79. The Hall–Kier alpha value is -4.46. The van der Waals surface area contributed by atoms with E-state index in [0.29, 0.717) is 11.3 Å². The molecule has 0 radical (unpaired) electrons. The van der Waals surface area contributed by atoms with Gasteiger partial charge in [-0.05, 0) is 36.6 Å². The number of alkyl halides is 3. The molecule has 0 aromatic carbocycles. The van der Waals surface area contributed by atoms with Crippen molar-refractivity contribution in [3.63, 3.8) is 0 Å². The van der Waals surface area contributed by atoms with E-state index in [0.717, 1.165) is 23.5 Å². The third kappa shape index (κ3) is 4.67. The second-order valence-electron chi connectivity index (χ2n) is 9.42. The molecule has 0 bridgehead atoms. The number of methoxy groups -OCH3 is 1. The molecular weight excluding hydrogens is 568 g/mol. The third-order valence-electron chi connectivity index (χ3n) is 6.70. The first-order valence-electron chi connectivity index (χ1n) is 12.3. The van der Waals surface area contributed by atoms with Crippen LogP contribution in [-0.2, 0) is 19.8 Å². The smallest absolute Gasteiger partial charge is 0.436 e. The fourth-order valence-corrected chi connectivity index (χ4v) is 4.82. The van der Waals surface area contributed by atoms with Crippen molar-refractivity contribution in [1.29, 1.82) is 0 Å². The maximum atomic E-state index is 15.3. The molecule has 41 heavy (non-hydrogen) atoms. The summed E-state index contributed by atoms with van der Waals surface area (Å²) in [4.78, 5) is 38.8. The SMILES string of the molecule is COc1ncnc(C2CC2)c1-c1nc2ncccc2c(=O)n1Cc1cnc(-c2nc(C(F)(F)F)c(Cl)n2C)c(F)c1. The molecule has 0 unspecified atom stereocenters. The van der Waals surface area contributed by atoms with Crippen molar-refractivity contribution in [3.05, 3.63) is 75.2 Å². The van der Waals surface area contributed by atoms with Crippen molar-refractivity contribution < 1.29 is 22.3 Å². The highest BCUT2D eigenvalue weighted by Crippen LogP contribution is 2.45.